The van der Waals surface area contributed by atoms with Gasteiger partial charge in [-0.2, -0.15) is 5.10 Å². The zero-order chi connectivity index (χ0) is 21.3. The molecular formula is C21H24ClN5O2. The number of nitrogens with one attached hydrogen (secondary N) is 1. The molecule has 0 saturated heterocycles. The number of aryl methyl sites for hydroxylation is 4. The van der Waals surface area contributed by atoms with E-state index in [0.29, 0.717) is 34.3 Å². The number of anilines is 1. The Morgan fingerprint density at radius 3 is 2.48 bits per heavy atom. The van der Waals surface area contributed by atoms with E-state index < -0.39 is 0 Å². The van der Waals surface area contributed by atoms with E-state index in [1.54, 1.807) is 23.7 Å². The highest BCUT2D eigenvalue weighted by Crippen LogP contribution is 2.20. The average Bonchev–Trinajstić information content (AvgIpc) is 2.99. The Balaban J connectivity index is 2.02. The molecule has 0 saturated carbocycles. The molecular weight excluding hydrogens is 390 g/mol. The summed E-state index contributed by atoms with van der Waals surface area (Å²) in [5, 5.41) is 7.80. The lowest BCUT2D eigenvalue weighted by Gasteiger charge is -2.16. The molecule has 29 heavy (non-hydrogen) atoms. The number of halogens is 1. The number of benzene rings is 1. The van der Waals surface area contributed by atoms with Gasteiger partial charge in [-0.3, -0.25) is 14.2 Å². The maximum Gasteiger partial charge on any atom is 0.258 e. The molecule has 1 aromatic carbocycles. The number of amides is 1. The van der Waals surface area contributed by atoms with Crippen LogP contribution in [-0.2, 0) is 17.8 Å². The van der Waals surface area contributed by atoms with E-state index in [0.717, 1.165) is 17.0 Å². The third kappa shape index (κ3) is 4.24. The minimum absolute atomic E-state index is 0.182. The number of hydrogen-bond acceptors (Lipinski definition) is 4. The first-order valence-corrected chi connectivity index (χ1v) is 9.79. The summed E-state index contributed by atoms with van der Waals surface area (Å²) < 4.78 is 2.97. The number of carbonyl (C=O) groups excluding carboxylic acids is 1. The van der Waals surface area contributed by atoms with Gasteiger partial charge in [-0.25, -0.2) is 9.67 Å². The third-order valence-corrected chi connectivity index (χ3v) is 5.17. The quantitative estimate of drug-likeness (QED) is 0.693. The van der Waals surface area contributed by atoms with E-state index in [9.17, 15) is 9.59 Å². The topological polar surface area (TPSA) is 81.8 Å². The molecule has 0 atom stereocenters. The lowest BCUT2D eigenvalue weighted by molar-refractivity contribution is -0.116. The van der Waals surface area contributed by atoms with Crippen LogP contribution >= 0.6 is 11.6 Å². The van der Waals surface area contributed by atoms with Crippen molar-refractivity contribution in [2.24, 2.45) is 0 Å². The maximum absolute atomic E-state index is 13.1. The summed E-state index contributed by atoms with van der Waals surface area (Å²) in [6, 6.07) is 7.18. The van der Waals surface area contributed by atoms with Gasteiger partial charge < -0.3 is 5.32 Å². The van der Waals surface area contributed by atoms with Gasteiger partial charge in [-0.05, 0) is 57.9 Å². The van der Waals surface area contributed by atoms with Gasteiger partial charge in [0.15, 0.2) is 0 Å². The Bertz CT molecular complexity index is 1150. The molecule has 3 rings (SSSR count). The van der Waals surface area contributed by atoms with Crippen molar-refractivity contribution in [3.8, 4) is 5.95 Å². The first kappa shape index (κ1) is 20.8. The van der Waals surface area contributed by atoms with E-state index in [1.165, 1.54) is 4.57 Å². The molecule has 0 bridgehead atoms. The predicted octanol–water partition coefficient (Wildman–Crippen LogP) is 3.52. The Hall–Kier alpha value is -2.93. The third-order valence-electron chi connectivity index (χ3n) is 4.76. The molecule has 3 aromatic rings. The SMILES string of the molecule is CCc1c(C)nc(-n2nc(C)cc2C)n(CC(=O)Nc2ccc(C)c(Cl)c2)c1=O. The van der Waals surface area contributed by atoms with Crippen molar-refractivity contribution in [3.63, 3.8) is 0 Å². The second-order valence-corrected chi connectivity index (χ2v) is 7.48. The first-order chi connectivity index (χ1) is 13.7. The smallest absolute Gasteiger partial charge is 0.258 e. The van der Waals surface area contributed by atoms with Gasteiger partial charge in [0.25, 0.3) is 5.56 Å². The molecule has 1 N–H and O–H groups in total. The Morgan fingerprint density at radius 2 is 1.90 bits per heavy atom. The predicted molar refractivity (Wildman–Crippen MR) is 114 cm³/mol. The molecule has 2 heterocycles. The van der Waals surface area contributed by atoms with Gasteiger partial charge in [0, 0.05) is 22.0 Å². The van der Waals surface area contributed by atoms with Gasteiger partial charge in [-0.15, -0.1) is 0 Å². The van der Waals surface area contributed by atoms with Crippen molar-refractivity contribution in [2.45, 2.75) is 47.6 Å². The fourth-order valence-corrected chi connectivity index (χ4v) is 3.42. The minimum Gasteiger partial charge on any atom is -0.324 e. The van der Waals surface area contributed by atoms with Crippen molar-refractivity contribution in [1.82, 2.24) is 19.3 Å². The fourth-order valence-electron chi connectivity index (χ4n) is 3.24. The number of aromatic nitrogens is 4. The molecule has 0 fully saturated rings. The van der Waals surface area contributed by atoms with E-state index in [-0.39, 0.29) is 18.0 Å². The summed E-state index contributed by atoms with van der Waals surface area (Å²) in [5.74, 6) is -0.0186. The average molecular weight is 414 g/mol. The highest BCUT2D eigenvalue weighted by Gasteiger charge is 2.19. The monoisotopic (exact) mass is 413 g/mol. The number of carbonyl (C=O) groups is 1. The van der Waals surface area contributed by atoms with E-state index in [2.05, 4.69) is 15.4 Å². The van der Waals surface area contributed by atoms with Crippen LogP contribution in [-0.4, -0.2) is 25.2 Å². The molecule has 8 heteroatoms. The van der Waals surface area contributed by atoms with E-state index in [1.807, 2.05) is 39.8 Å². The molecule has 0 aliphatic heterocycles. The summed E-state index contributed by atoms with van der Waals surface area (Å²) >= 11 is 6.14. The van der Waals surface area contributed by atoms with Crippen LogP contribution < -0.4 is 10.9 Å². The van der Waals surface area contributed by atoms with Crippen LogP contribution in [0, 0.1) is 27.7 Å². The number of hydrogen-bond donors (Lipinski definition) is 1. The number of nitrogens with zero attached hydrogens (tertiary/aromatic N) is 4. The van der Waals surface area contributed by atoms with Crippen LogP contribution in [0.5, 0.6) is 0 Å². The van der Waals surface area contributed by atoms with Crippen LogP contribution in [0.2, 0.25) is 5.02 Å². The van der Waals surface area contributed by atoms with Crippen LogP contribution in [0.25, 0.3) is 5.95 Å². The Morgan fingerprint density at radius 1 is 1.17 bits per heavy atom. The molecule has 2 aromatic heterocycles. The summed E-state index contributed by atoms with van der Waals surface area (Å²) in [6.45, 7) is 9.15. The summed E-state index contributed by atoms with van der Waals surface area (Å²) in [7, 11) is 0. The van der Waals surface area contributed by atoms with Crippen LogP contribution in [0.4, 0.5) is 5.69 Å². The zero-order valence-corrected chi connectivity index (χ0v) is 18.0. The summed E-state index contributed by atoms with van der Waals surface area (Å²) in [6.07, 6.45) is 0.532. The highest BCUT2D eigenvalue weighted by molar-refractivity contribution is 6.31. The standard InChI is InChI=1S/C21H24ClN5O2/c1-6-17-15(5)23-21(27-14(4)9-13(3)25-27)26(20(17)29)11-19(28)24-16-8-7-12(2)18(22)10-16/h7-10H,6,11H2,1-5H3,(H,24,28). The number of rotatable bonds is 5. The van der Waals surface area contributed by atoms with E-state index in [4.69, 9.17) is 11.6 Å². The van der Waals surface area contributed by atoms with Crippen molar-refractivity contribution in [3.05, 3.63) is 67.9 Å². The van der Waals surface area contributed by atoms with E-state index >= 15 is 0 Å². The van der Waals surface area contributed by atoms with Gasteiger partial charge in [0.05, 0.1) is 11.4 Å². The first-order valence-electron chi connectivity index (χ1n) is 9.41. The zero-order valence-electron chi connectivity index (χ0n) is 17.2. The van der Waals surface area contributed by atoms with Crippen molar-refractivity contribution in [2.75, 3.05) is 5.32 Å². The minimum atomic E-state index is -0.345. The lowest BCUT2D eigenvalue weighted by atomic mass is 10.2. The maximum atomic E-state index is 13.1. The van der Waals surface area contributed by atoms with Gasteiger partial charge in [-0.1, -0.05) is 24.6 Å². The van der Waals surface area contributed by atoms with Gasteiger partial charge in [0.2, 0.25) is 11.9 Å². The van der Waals surface area contributed by atoms with Crippen LogP contribution in [0.1, 0.15) is 35.1 Å². The van der Waals surface area contributed by atoms with Gasteiger partial charge >= 0.3 is 0 Å². The Kier molecular flexibility index (Phi) is 5.88. The van der Waals surface area contributed by atoms with Gasteiger partial charge in [0.1, 0.15) is 6.54 Å². The van der Waals surface area contributed by atoms with Crippen LogP contribution in [0.15, 0.2) is 29.1 Å². The fraction of sp³-hybridized carbons (Fsp3) is 0.333. The molecule has 152 valence electrons. The molecule has 0 radical (unpaired) electrons. The molecule has 0 spiro atoms. The largest absolute Gasteiger partial charge is 0.324 e. The van der Waals surface area contributed by atoms with Crippen molar-refractivity contribution < 1.29 is 4.79 Å². The lowest BCUT2D eigenvalue weighted by Crippen LogP contribution is -2.34. The van der Waals surface area contributed by atoms with Crippen LogP contribution in [0.3, 0.4) is 0 Å². The molecule has 7 nitrogen and oxygen atoms in total. The summed E-state index contributed by atoms with van der Waals surface area (Å²) in [5.41, 5.74) is 4.12. The molecule has 0 aliphatic rings. The molecule has 0 unspecified atom stereocenters. The summed E-state index contributed by atoms with van der Waals surface area (Å²) in [4.78, 5) is 30.4. The molecule has 1 amide bonds. The molecule has 0 aliphatic carbocycles. The second-order valence-electron chi connectivity index (χ2n) is 7.07. The second kappa shape index (κ2) is 8.21. The highest BCUT2D eigenvalue weighted by atomic mass is 35.5. The Labute approximate surface area is 174 Å². The van der Waals surface area contributed by atoms with Crippen molar-refractivity contribution >= 4 is 23.2 Å². The van der Waals surface area contributed by atoms with Crippen molar-refractivity contribution in [1.29, 1.82) is 0 Å². The normalized spacial score (nSPS) is 11.0.